The quantitative estimate of drug-likeness (QED) is 0.412. The largest absolute Gasteiger partial charge is 0.365 e. The summed E-state index contributed by atoms with van der Waals surface area (Å²) < 4.78 is 0. The van der Waals surface area contributed by atoms with Gasteiger partial charge in [0, 0.05) is 29.4 Å². The van der Waals surface area contributed by atoms with Crippen LogP contribution in [-0.2, 0) is 19.4 Å². The minimum atomic E-state index is -0.192. The zero-order chi connectivity index (χ0) is 20.1. The summed E-state index contributed by atoms with van der Waals surface area (Å²) in [6.45, 7) is 0.604. The minimum Gasteiger partial charge on any atom is -0.365 e. The van der Waals surface area contributed by atoms with Crippen molar-refractivity contribution in [1.82, 2.24) is 24.9 Å². The first kappa shape index (κ1) is 17.3. The lowest BCUT2D eigenvalue weighted by Crippen LogP contribution is -2.04. The molecule has 0 saturated heterocycles. The molecule has 0 saturated carbocycles. The number of hydrogen-bond acceptors (Lipinski definition) is 6. The van der Waals surface area contributed by atoms with E-state index < -0.39 is 0 Å². The van der Waals surface area contributed by atoms with Crippen LogP contribution in [0.3, 0.4) is 0 Å². The molecule has 0 spiro atoms. The second-order valence-electron chi connectivity index (χ2n) is 7.49. The van der Waals surface area contributed by atoms with E-state index in [2.05, 4.69) is 20.3 Å². The summed E-state index contributed by atoms with van der Waals surface area (Å²) in [7, 11) is 0. The highest BCUT2D eigenvalue weighted by atomic mass is 32.1. The van der Waals surface area contributed by atoms with Crippen LogP contribution in [-0.4, -0.2) is 24.9 Å². The van der Waals surface area contributed by atoms with E-state index in [1.165, 1.54) is 16.9 Å². The Hall–Kier alpha value is -3.52. The van der Waals surface area contributed by atoms with Gasteiger partial charge in [-0.2, -0.15) is 0 Å². The molecule has 0 bridgehead atoms. The normalized spacial score (nSPS) is 13.2. The molecule has 4 aromatic heterocycles. The lowest BCUT2D eigenvalue weighted by atomic mass is 10.1. The van der Waals surface area contributed by atoms with Gasteiger partial charge in [0.15, 0.2) is 5.82 Å². The Morgan fingerprint density at radius 3 is 2.93 bits per heavy atom. The van der Waals surface area contributed by atoms with Crippen LogP contribution >= 0.6 is 11.3 Å². The highest BCUT2D eigenvalue weighted by Crippen LogP contribution is 2.40. The van der Waals surface area contributed by atoms with E-state index in [1.54, 1.807) is 23.7 Å². The zero-order valence-corrected chi connectivity index (χ0v) is 16.8. The fraction of sp³-hybridized carbons (Fsp3) is 0.182. The third kappa shape index (κ3) is 2.88. The molecule has 0 aliphatic heterocycles. The van der Waals surface area contributed by atoms with Gasteiger partial charge in [-0.1, -0.05) is 6.07 Å². The average molecular weight is 414 g/mol. The molecule has 0 fully saturated rings. The predicted octanol–water partition coefficient (Wildman–Crippen LogP) is 4.02. The van der Waals surface area contributed by atoms with Gasteiger partial charge in [-0.25, -0.2) is 14.8 Å². The minimum absolute atomic E-state index is 0.192. The molecule has 30 heavy (non-hydrogen) atoms. The van der Waals surface area contributed by atoms with Crippen molar-refractivity contribution < 1.29 is 0 Å². The van der Waals surface area contributed by atoms with Crippen LogP contribution in [0.15, 0.2) is 47.5 Å². The molecule has 4 heterocycles. The molecular weight excluding hydrogens is 396 g/mol. The van der Waals surface area contributed by atoms with Gasteiger partial charge in [-0.15, -0.1) is 11.3 Å². The Balaban J connectivity index is 1.42. The van der Waals surface area contributed by atoms with Crippen molar-refractivity contribution >= 4 is 38.4 Å². The Kier molecular flexibility index (Phi) is 3.92. The van der Waals surface area contributed by atoms with Gasteiger partial charge < -0.3 is 15.3 Å². The van der Waals surface area contributed by atoms with Crippen molar-refractivity contribution in [3.63, 3.8) is 0 Å². The second kappa shape index (κ2) is 6.77. The van der Waals surface area contributed by atoms with Crippen molar-refractivity contribution in [2.24, 2.45) is 0 Å². The number of thiophene rings is 1. The van der Waals surface area contributed by atoms with E-state index in [0.717, 1.165) is 51.0 Å². The summed E-state index contributed by atoms with van der Waals surface area (Å²) in [5.41, 5.74) is 4.78. The molecule has 5 aromatic rings. The Labute approximate surface area is 175 Å². The van der Waals surface area contributed by atoms with Crippen LogP contribution in [0.4, 0.5) is 5.82 Å². The van der Waals surface area contributed by atoms with E-state index in [0.29, 0.717) is 12.4 Å². The maximum atomic E-state index is 11.5. The molecular formula is C22H18N6OS. The molecule has 1 aliphatic rings. The summed E-state index contributed by atoms with van der Waals surface area (Å²) in [4.78, 5) is 33.5. The number of aryl methyl sites for hydroxylation is 2. The van der Waals surface area contributed by atoms with Crippen molar-refractivity contribution in [2.45, 2.75) is 25.8 Å². The molecule has 8 heteroatoms. The number of fused-ring (bicyclic) bond motifs is 4. The standard InChI is InChI=1S/C22H18N6OS/c29-22-25-15-7-6-12(9-16(15)26-22)10-24-20-18-14-4-1-5-17(14)30-21(18)28-19(27-20)13-3-2-8-23-11-13/h2-3,6-9,11H,1,4-5,10H2,(H,24,27,28)(H2,25,26,29). The van der Waals surface area contributed by atoms with Crippen LogP contribution < -0.4 is 11.0 Å². The van der Waals surface area contributed by atoms with Gasteiger partial charge in [-0.05, 0) is 54.7 Å². The molecule has 6 rings (SSSR count). The Morgan fingerprint density at radius 1 is 1.10 bits per heavy atom. The first-order valence-corrected chi connectivity index (χ1v) is 10.7. The summed E-state index contributed by atoms with van der Waals surface area (Å²) in [6, 6.07) is 9.80. The number of aromatic nitrogens is 5. The van der Waals surface area contributed by atoms with Gasteiger partial charge in [0.2, 0.25) is 0 Å². The number of pyridine rings is 1. The third-order valence-corrected chi connectivity index (χ3v) is 6.71. The molecule has 0 atom stereocenters. The third-order valence-electron chi connectivity index (χ3n) is 5.52. The number of benzene rings is 1. The van der Waals surface area contributed by atoms with Crippen molar-refractivity contribution in [2.75, 3.05) is 5.32 Å². The second-order valence-corrected chi connectivity index (χ2v) is 8.57. The summed E-state index contributed by atoms with van der Waals surface area (Å²) in [5, 5.41) is 4.68. The molecule has 3 N–H and O–H groups in total. The number of H-pyrrole nitrogens is 2. The number of aromatic amines is 2. The van der Waals surface area contributed by atoms with Crippen LogP contribution in [0.25, 0.3) is 32.6 Å². The van der Waals surface area contributed by atoms with E-state index >= 15 is 0 Å². The SMILES string of the molecule is O=c1[nH]c2ccc(CNc3nc(-c4cccnc4)nc4sc5c(c34)CCC5)cc2[nH]1. The number of nitrogens with one attached hydrogen (secondary N) is 3. The fourth-order valence-corrected chi connectivity index (χ4v) is 5.38. The Bertz CT molecular complexity index is 1450. The lowest BCUT2D eigenvalue weighted by molar-refractivity contribution is 0.917. The van der Waals surface area contributed by atoms with Gasteiger partial charge in [0.1, 0.15) is 10.6 Å². The number of anilines is 1. The predicted molar refractivity (Wildman–Crippen MR) is 119 cm³/mol. The number of imidazole rings is 1. The van der Waals surface area contributed by atoms with Crippen molar-refractivity contribution in [1.29, 1.82) is 0 Å². The van der Waals surface area contributed by atoms with Gasteiger partial charge in [0.25, 0.3) is 0 Å². The van der Waals surface area contributed by atoms with E-state index in [4.69, 9.17) is 9.97 Å². The van der Waals surface area contributed by atoms with E-state index in [1.807, 2.05) is 30.3 Å². The molecule has 1 aliphatic carbocycles. The van der Waals surface area contributed by atoms with Crippen molar-refractivity contribution in [3.8, 4) is 11.4 Å². The number of rotatable bonds is 4. The monoisotopic (exact) mass is 414 g/mol. The maximum absolute atomic E-state index is 11.5. The van der Waals surface area contributed by atoms with Crippen LogP contribution in [0.2, 0.25) is 0 Å². The molecule has 0 unspecified atom stereocenters. The number of nitrogens with zero attached hydrogens (tertiary/aromatic N) is 3. The molecule has 148 valence electrons. The van der Waals surface area contributed by atoms with E-state index in [-0.39, 0.29) is 5.69 Å². The van der Waals surface area contributed by atoms with Crippen LogP contribution in [0.5, 0.6) is 0 Å². The van der Waals surface area contributed by atoms with Gasteiger partial charge in [0.05, 0.1) is 16.4 Å². The maximum Gasteiger partial charge on any atom is 0.323 e. The van der Waals surface area contributed by atoms with E-state index in [9.17, 15) is 4.79 Å². The molecule has 1 aromatic carbocycles. The number of hydrogen-bond donors (Lipinski definition) is 3. The van der Waals surface area contributed by atoms with Gasteiger partial charge in [-0.3, -0.25) is 4.98 Å². The van der Waals surface area contributed by atoms with Crippen LogP contribution in [0.1, 0.15) is 22.4 Å². The first-order valence-electron chi connectivity index (χ1n) is 9.92. The van der Waals surface area contributed by atoms with Crippen molar-refractivity contribution in [3.05, 3.63) is 69.2 Å². The Morgan fingerprint density at radius 2 is 2.03 bits per heavy atom. The summed E-state index contributed by atoms with van der Waals surface area (Å²) >= 11 is 1.78. The highest BCUT2D eigenvalue weighted by molar-refractivity contribution is 7.19. The zero-order valence-electron chi connectivity index (χ0n) is 16.0. The summed E-state index contributed by atoms with van der Waals surface area (Å²) in [6.07, 6.45) is 6.94. The first-order chi connectivity index (χ1) is 14.7. The smallest absolute Gasteiger partial charge is 0.323 e. The average Bonchev–Trinajstić information content (AvgIpc) is 3.45. The summed E-state index contributed by atoms with van der Waals surface area (Å²) in [5.74, 6) is 1.55. The molecule has 7 nitrogen and oxygen atoms in total. The molecule has 0 amide bonds. The van der Waals surface area contributed by atoms with Crippen LogP contribution in [0, 0.1) is 0 Å². The fourth-order valence-electron chi connectivity index (χ4n) is 4.12. The molecule has 0 radical (unpaired) electrons. The van der Waals surface area contributed by atoms with Gasteiger partial charge >= 0.3 is 5.69 Å². The topological polar surface area (TPSA) is 99.3 Å². The highest BCUT2D eigenvalue weighted by Gasteiger charge is 2.22. The lowest BCUT2D eigenvalue weighted by Gasteiger charge is -2.10.